The highest BCUT2D eigenvalue weighted by molar-refractivity contribution is 5.93. The van der Waals surface area contributed by atoms with Gasteiger partial charge in [-0.05, 0) is 31.9 Å². The summed E-state index contributed by atoms with van der Waals surface area (Å²) in [5.41, 5.74) is 0.757. The van der Waals surface area contributed by atoms with Crippen molar-refractivity contribution in [1.82, 2.24) is 19.6 Å². The molecule has 1 fully saturated rings. The lowest BCUT2D eigenvalue weighted by molar-refractivity contribution is 0.0857. The van der Waals surface area contributed by atoms with Gasteiger partial charge in [-0.1, -0.05) is 0 Å². The first-order valence-electron chi connectivity index (χ1n) is 7.93. The number of carbonyl (C=O) groups excluding carboxylic acids is 2. The average molecular weight is 334 g/mol. The largest absolute Gasteiger partial charge is 0.450 e. The number of halogens is 1. The number of hydrogen-bond donors (Lipinski definition) is 1. The van der Waals surface area contributed by atoms with Crippen LogP contribution in [0.1, 0.15) is 30.3 Å². The third kappa shape index (κ3) is 3.47. The Hall–Kier alpha value is -2.64. The highest BCUT2D eigenvalue weighted by Gasteiger charge is 2.25. The Kier molecular flexibility index (Phi) is 4.64. The number of fused-ring (bicyclic) bond motifs is 1. The summed E-state index contributed by atoms with van der Waals surface area (Å²) in [5.74, 6) is -0.688. The maximum Gasteiger partial charge on any atom is 0.409 e. The van der Waals surface area contributed by atoms with Crippen molar-refractivity contribution in [2.24, 2.45) is 0 Å². The molecular weight excluding hydrogens is 315 g/mol. The second-order valence-corrected chi connectivity index (χ2v) is 5.67. The van der Waals surface area contributed by atoms with Gasteiger partial charge < -0.3 is 19.4 Å². The molecule has 1 saturated heterocycles. The maximum absolute atomic E-state index is 13.2. The lowest BCUT2D eigenvalue weighted by Gasteiger charge is -2.31. The molecule has 2 amide bonds. The molecule has 1 aliphatic rings. The van der Waals surface area contributed by atoms with E-state index in [0.29, 0.717) is 38.2 Å². The van der Waals surface area contributed by atoms with Crippen LogP contribution in [0.5, 0.6) is 0 Å². The van der Waals surface area contributed by atoms with Crippen LogP contribution in [0.4, 0.5) is 9.18 Å². The first kappa shape index (κ1) is 16.2. The third-order valence-corrected chi connectivity index (χ3v) is 4.00. The number of carbonyl (C=O) groups is 2. The van der Waals surface area contributed by atoms with Crippen LogP contribution >= 0.6 is 0 Å². The number of rotatable bonds is 3. The van der Waals surface area contributed by atoms with E-state index < -0.39 is 5.82 Å². The number of nitrogens with zero attached hydrogens (tertiary/aromatic N) is 3. The molecule has 1 N–H and O–H groups in total. The molecule has 0 spiro atoms. The molecule has 0 atom stereocenters. The lowest BCUT2D eigenvalue weighted by atomic mass is 10.1. The molecule has 0 aliphatic carbocycles. The van der Waals surface area contributed by atoms with Crippen LogP contribution in [0.2, 0.25) is 0 Å². The first-order chi connectivity index (χ1) is 11.6. The van der Waals surface area contributed by atoms with Crippen molar-refractivity contribution in [2.45, 2.75) is 25.8 Å². The van der Waals surface area contributed by atoms with Crippen LogP contribution in [0.15, 0.2) is 24.5 Å². The number of amides is 2. The summed E-state index contributed by atoms with van der Waals surface area (Å²) in [5, 5.41) is 2.91. The van der Waals surface area contributed by atoms with E-state index in [4.69, 9.17) is 4.74 Å². The highest BCUT2D eigenvalue weighted by atomic mass is 19.1. The summed E-state index contributed by atoms with van der Waals surface area (Å²) in [7, 11) is 0. The predicted octanol–water partition coefficient (Wildman–Crippen LogP) is 1.82. The number of likely N-dealkylation sites (tertiary alicyclic amines) is 1. The molecule has 0 bridgehead atoms. The minimum atomic E-state index is -0.391. The fraction of sp³-hybridized carbons (Fsp3) is 0.438. The smallest absolute Gasteiger partial charge is 0.409 e. The Morgan fingerprint density at radius 1 is 1.33 bits per heavy atom. The van der Waals surface area contributed by atoms with E-state index in [9.17, 15) is 14.0 Å². The van der Waals surface area contributed by atoms with E-state index in [0.717, 1.165) is 0 Å². The molecule has 128 valence electrons. The summed E-state index contributed by atoms with van der Waals surface area (Å²) in [4.78, 5) is 29.8. The first-order valence-corrected chi connectivity index (χ1v) is 7.93. The Labute approximate surface area is 138 Å². The summed E-state index contributed by atoms with van der Waals surface area (Å²) >= 11 is 0. The molecule has 3 heterocycles. The highest BCUT2D eigenvalue weighted by Crippen LogP contribution is 2.13. The molecule has 1 aliphatic heterocycles. The second-order valence-electron chi connectivity index (χ2n) is 5.67. The number of ether oxygens (including phenoxy) is 1. The Morgan fingerprint density at radius 3 is 2.79 bits per heavy atom. The summed E-state index contributed by atoms with van der Waals surface area (Å²) in [6.07, 6.45) is 3.78. The van der Waals surface area contributed by atoms with Gasteiger partial charge in [0.05, 0.1) is 6.61 Å². The van der Waals surface area contributed by atoms with Gasteiger partial charge in [0.15, 0.2) is 0 Å². The molecule has 0 radical (unpaired) electrons. The van der Waals surface area contributed by atoms with E-state index in [2.05, 4.69) is 10.3 Å². The Balaban J connectivity index is 1.58. The number of piperidine rings is 1. The van der Waals surface area contributed by atoms with E-state index in [1.165, 1.54) is 28.9 Å². The monoisotopic (exact) mass is 334 g/mol. The topological polar surface area (TPSA) is 75.9 Å². The molecule has 0 unspecified atom stereocenters. The van der Waals surface area contributed by atoms with Crippen molar-refractivity contribution in [2.75, 3.05) is 19.7 Å². The van der Waals surface area contributed by atoms with Crippen LogP contribution in [0.3, 0.4) is 0 Å². The van der Waals surface area contributed by atoms with Gasteiger partial charge in [0, 0.05) is 31.5 Å². The van der Waals surface area contributed by atoms with Gasteiger partial charge in [-0.2, -0.15) is 0 Å². The van der Waals surface area contributed by atoms with Crippen LogP contribution in [0.25, 0.3) is 5.65 Å². The van der Waals surface area contributed by atoms with E-state index in [-0.39, 0.29) is 23.7 Å². The van der Waals surface area contributed by atoms with E-state index >= 15 is 0 Å². The van der Waals surface area contributed by atoms with Crippen molar-refractivity contribution in [3.05, 3.63) is 36.0 Å². The zero-order valence-electron chi connectivity index (χ0n) is 13.4. The molecule has 8 heteroatoms. The quantitative estimate of drug-likeness (QED) is 0.929. The molecule has 2 aromatic rings. The molecule has 24 heavy (non-hydrogen) atoms. The third-order valence-electron chi connectivity index (χ3n) is 4.00. The van der Waals surface area contributed by atoms with Gasteiger partial charge in [0.2, 0.25) is 0 Å². The predicted molar refractivity (Wildman–Crippen MR) is 84.2 cm³/mol. The average Bonchev–Trinajstić information content (AvgIpc) is 2.99. The van der Waals surface area contributed by atoms with E-state index in [1.807, 2.05) is 0 Å². The molecule has 2 aromatic heterocycles. The van der Waals surface area contributed by atoms with Crippen molar-refractivity contribution < 1.29 is 18.7 Å². The second kappa shape index (κ2) is 6.86. The van der Waals surface area contributed by atoms with Crippen molar-refractivity contribution in [3.8, 4) is 0 Å². The van der Waals surface area contributed by atoms with Crippen LogP contribution < -0.4 is 5.32 Å². The van der Waals surface area contributed by atoms with Crippen molar-refractivity contribution in [3.63, 3.8) is 0 Å². The number of pyridine rings is 1. The summed E-state index contributed by atoms with van der Waals surface area (Å²) in [6.45, 7) is 3.20. The number of imidazole rings is 1. The molecule has 0 aromatic carbocycles. The molecule has 3 rings (SSSR count). The number of nitrogens with one attached hydrogen (secondary N) is 1. The number of hydrogen-bond acceptors (Lipinski definition) is 4. The standard InChI is InChI=1S/C16H19FN4O3/c1-2-24-16(23)20-7-5-12(6-8-20)18-15(22)13-10-21-9-11(17)3-4-14(21)19-13/h3-4,9-10,12H,2,5-8H2,1H3,(H,18,22). The van der Waals surface area contributed by atoms with Crippen molar-refractivity contribution >= 4 is 17.6 Å². The maximum atomic E-state index is 13.2. The van der Waals surface area contributed by atoms with Crippen molar-refractivity contribution in [1.29, 1.82) is 0 Å². The van der Waals surface area contributed by atoms with Crippen LogP contribution in [-0.4, -0.2) is 52.0 Å². The van der Waals surface area contributed by atoms with Gasteiger partial charge in [-0.15, -0.1) is 0 Å². The van der Waals surface area contributed by atoms with Gasteiger partial charge in [-0.25, -0.2) is 14.2 Å². The van der Waals surface area contributed by atoms with Crippen LogP contribution in [0, 0.1) is 5.82 Å². The lowest BCUT2D eigenvalue weighted by Crippen LogP contribution is -2.46. The number of aromatic nitrogens is 2. The Morgan fingerprint density at radius 2 is 2.08 bits per heavy atom. The fourth-order valence-electron chi connectivity index (χ4n) is 2.75. The minimum absolute atomic E-state index is 0.0234. The van der Waals surface area contributed by atoms with E-state index in [1.54, 1.807) is 11.8 Å². The molecule has 0 saturated carbocycles. The van der Waals surface area contributed by atoms with Gasteiger partial charge in [0.25, 0.3) is 5.91 Å². The van der Waals surface area contributed by atoms with Crippen LogP contribution in [-0.2, 0) is 4.74 Å². The Bertz CT molecular complexity index is 753. The zero-order chi connectivity index (χ0) is 17.1. The van der Waals surface area contributed by atoms with Gasteiger partial charge >= 0.3 is 6.09 Å². The molecular formula is C16H19FN4O3. The normalized spacial score (nSPS) is 15.5. The minimum Gasteiger partial charge on any atom is -0.450 e. The van der Waals surface area contributed by atoms with Gasteiger partial charge in [-0.3, -0.25) is 4.79 Å². The SMILES string of the molecule is CCOC(=O)N1CCC(NC(=O)c2cn3cc(F)ccc3n2)CC1. The zero-order valence-corrected chi connectivity index (χ0v) is 13.4. The molecule has 7 nitrogen and oxygen atoms in total. The summed E-state index contributed by atoms with van der Waals surface area (Å²) < 4.78 is 19.6. The summed E-state index contributed by atoms with van der Waals surface area (Å²) in [6, 6.07) is 2.80. The fourth-order valence-corrected chi connectivity index (χ4v) is 2.75. The van der Waals surface area contributed by atoms with Gasteiger partial charge in [0.1, 0.15) is 17.2 Å².